The fourth-order valence-electron chi connectivity index (χ4n) is 2.05. The molecule has 0 saturated carbocycles. The average molecular weight is 303 g/mol. The van der Waals surface area contributed by atoms with Gasteiger partial charge in [-0.05, 0) is 42.7 Å². The standard InChI is InChI=1S/C17H19ClN2O/c1-3-13-6-4-5-7-16(13)19-11-17(21)20-14-9-8-12(2)15(18)10-14/h4-10,19H,3,11H2,1-2H3,(H,20,21). The highest BCUT2D eigenvalue weighted by Crippen LogP contribution is 2.20. The van der Waals surface area contributed by atoms with Gasteiger partial charge in [-0.2, -0.15) is 0 Å². The molecule has 2 rings (SSSR count). The largest absolute Gasteiger partial charge is 0.376 e. The normalized spacial score (nSPS) is 10.2. The van der Waals surface area contributed by atoms with E-state index in [1.807, 2.05) is 37.3 Å². The summed E-state index contributed by atoms with van der Waals surface area (Å²) in [5.74, 6) is -0.0965. The molecule has 0 aromatic heterocycles. The molecule has 0 spiro atoms. The van der Waals surface area contributed by atoms with Gasteiger partial charge in [0.1, 0.15) is 0 Å². The van der Waals surface area contributed by atoms with Crippen molar-refractivity contribution < 1.29 is 4.79 Å². The molecule has 0 atom stereocenters. The van der Waals surface area contributed by atoms with Crippen LogP contribution in [-0.2, 0) is 11.2 Å². The van der Waals surface area contributed by atoms with Crippen LogP contribution in [0.3, 0.4) is 0 Å². The van der Waals surface area contributed by atoms with Crippen molar-refractivity contribution in [1.29, 1.82) is 0 Å². The smallest absolute Gasteiger partial charge is 0.243 e. The first-order valence-corrected chi connectivity index (χ1v) is 7.35. The molecule has 0 aliphatic rings. The van der Waals surface area contributed by atoms with Crippen LogP contribution < -0.4 is 10.6 Å². The lowest BCUT2D eigenvalue weighted by Gasteiger charge is -2.11. The van der Waals surface area contributed by atoms with Crippen molar-refractivity contribution in [2.75, 3.05) is 17.2 Å². The minimum atomic E-state index is -0.0965. The number of rotatable bonds is 5. The molecule has 4 heteroatoms. The number of amides is 1. The molecular weight excluding hydrogens is 284 g/mol. The second-order valence-electron chi connectivity index (χ2n) is 4.88. The van der Waals surface area contributed by atoms with Crippen molar-refractivity contribution in [1.82, 2.24) is 0 Å². The summed E-state index contributed by atoms with van der Waals surface area (Å²) in [6, 6.07) is 13.5. The van der Waals surface area contributed by atoms with Crippen LogP contribution in [0.2, 0.25) is 5.02 Å². The second kappa shape index (κ2) is 7.14. The van der Waals surface area contributed by atoms with Gasteiger partial charge in [0.15, 0.2) is 0 Å². The van der Waals surface area contributed by atoms with Gasteiger partial charge >= 0.3 is 0 Å². The van der Waals surface area contributed by atoms with Crippen molar-refractivity contribution >= 4 is 28.9 Å². The van der Waals surface area contributed by atoms with E-state index in [2.05, 4.69) is 23.6 Å². The summed E-state index contributed by atoms with van der Waals surface area (Å²) >= 11 is 6.04. The Morgan fingerprint density at radius 2 is 1.95 bits per heavy atom. The molecule has 0 saturated heterocycles. The van der Waals surface area contributed by atoms with E-state index < -0.39 is 0 Å². The van der Waals surface area contributed by atoms with Crippen molar-refractivity contribution in [3.63, 3.8) is 0 Å². The number of hydrogen-bond donors (Lipinski definition) is 2. The number of halogens is 1. The van der Waals surface area contributed by atoms with Gasteiger partial charge in [0, 0.05) is 16.4 Å². The average Bonchev–Trinajstić information content (AvgIpc) is 2.49. The zero-order chi connectivity index (χ0) is 15.2. The molecule has 0 radical (unpaired) electrons. The maximum Gasteiger partial charge on any atom is 0.243 e. The van der Waals surface area contributed by atoms with Crippen LogP contribution in [0, 0.1) is 6.92 Å². The number of anilines is 2. The number of benzene rings is 2. The van der Waals surface area contributed by atoms with Gasteiger partial charge < -0.3 is 10.6 Å². The quantitative estimate of drug-likeness (QED) is 0.866. The predicted molar refractivity (Wildman–Crippen MR) is 89.1 cm³/mol. The van der Waals surface area contributed by atoms with Crippen molar-refractivity contribution in [3.05, 3.63) is 58.6 Å². The Hall–Kier alpha value is -2.00. The number of aryl methyl sites for hydroxylation is 2. The number of carbonyl (C=O) groups is 1. The summed E-state index contributed by atoms with van der Waals surface area (Å²) in [6.45, 7) is 4.24. The Balaban J connectivity index is 1.94. The van der Waals surface area contributed by atoms with Gasteiger partial charge in [-0.25, -0.2) is 0 Å². The summed E-state index contributed by atoms with van der Waals surface area (Å²) in [5, 5.41) is 6.65. The Bertz CT molecular complexity index is 640. The first-order valence-electron chi connectivity index (χ1n) is 6.98. The maximum absolute atomic E-state index is 12.0. The van der Waals surface area contributed by atoms with Gasteiger partial charge in [-0.15, -0.1) is 0 Å². The zero-order valence-electron chi connectivity index (χ0n) is 12.2. The van der Waals surface area contributed by atoms with Crippen LogP contribution in [0.5, 0.6) is 0 Å². The summed E-state index contributed by atoms with van der Waals surface area (Å²) in [5.41, 5.74) is 3.90. The number of para-hydroxylation sites is 1. The third kappa shape index (κ3) is 4.23. The van der Waals surface area contributed by atoms with E-state index in [0.717, 1.165) is 17.7 Å². The van der Waals surface area contributed by atoms with Gasteiger partial charge in [-0.3, -0.25) is 4.79 Å². The van der Waals surface area contributed by atoms with E-state index in [4.69, 9.17) is 11.6 Å². The highest BCUT2D eigenvalue weighted by Gasteiger charge is 2.05. The van der Waals surface area contributed by atoms with Crippen LogP contribution in [0.15, 0.2) is 42.5 Å². The molecule has 110 valence electrons. The molecule has 0 aliphatic carbocycles. The molecule has 21 heavy (non-hydrogen) atoms. The van der Waals surface area contributed by atoms with Gasteiger partial charge in [0.25, 0.3) is 0 Å². The number of carbonyl (C=O) groups excluding carboxylic acids is 1. The van der Waals surface area contributed by atoms with Crippen molar-refractivity contribution in [2.24, 2.45) is 0 Å². The predicted octanol–water partition coefficient (Wildman–Crippen LogP) is 4.26. The first kappa shape index (κ1) is 15.4. The molecule has 0 fully saturated rings. The zero-order valence-corrected chi connectivity index (χ0v) is 13.0. The van der Waals surface area contributed by atoms with Crippen LogP contribution >= 0.6 is 11.6 Å². The third-order valence-electron chi connectivity index (χ3n) is 3.29. The van der Waals surface area contributed by atoms with Gasteiger partial charge in [0.05, 0.1) is 6.54 Å². The fraction of sp³-hybridized carbons (Fsp3) is 0.235. The highest BCUT2D eigenvalue weighted by atomic mass is 35.5. The van der Waals surface area contributed by atoms with E-state index in [0.29, 0.717) is 10.7 Å². The van der Waals surface area contributed by atoms with E-state index >= 15 is 0 Å². The van der Waals surface area contributed by atoms with Crippen molar-refractivity contribution in [3.8, 4) is 0 Å². The molecule has 2 aromatic carbocycles. The van der Waals surface area contributed by atoms with Crippen molar-refractivity contribution in [2.45, 2.75) is 20.3 Å². The Morgan fingerprint density at radius 3 is 2.67 bits per heavy atom. The van der Waals surface area contributed by atoms with E-state index in [1.54, 1.807) is 6.07 Å². The highest BCUT2D eigenvalue weighted by molar-refractivity contribution is 6.31. The molecule has 2 N–H and O–H groups in total. The summed E-state index contributed by atoms with van der Waals surface area (Å²) in [6.07, 6.45) is 0.929. The molecular formula is C17H19ClN2O. The van der Waals surface area contributed by atoms with E-state index in [-0.39, 0.29) is 12.5 Å². The number of nitrogens with one attached hydrogen (secondary N) is 2. The minimum absolute atomic E-state index is 0.0965. The van der Waals surface area contributed by atoms with E-state index in [1.165, 1.54) is 5.56 Å². The first-order chi connectivity index (χ1) is 10.1. The SMILES string of the molecule is CCc1ccccc1NCC(=O)Nc1ccc(C)c(Cl)c1. The molecule has 2 aromatic rings. The van der Waals surface area contributed by atoms with Crippen LogP contribution in [-0.4, -0.2) is 12.5 Å². The van der Waals surface area contributed by atoms with Crippen LogP contribution in [0.4, 0.5) is 11.4 Å². The number of hydrogen-bond acceptors (Lipinski definition) is 2. The summed E-state index contributed by atoms with van der Waals surface area (Å²) < 4.78 is 0. The molecule has 0 bridgehead atoms. The molecule has 0 aliphatic heterocycles. The van der Waals surface area contributed by atoms with E-state index in [9.17, 15) is 4.79 Å². The fourth-order valence-corrected chi connectivity index (χ4v) is 2.23. The Labute approximate surface area is 130 Å². The second-order valence-corrected chi connectivity index (χ2v) is 5.28. The maximum atomic E-state index is 12.0. The lowest BCUT2D eigenvalue weighted by molar-refractivity contribution is -0.114. The Morgan fingerprint density at radius 1 is 1.19 bits per heavy atom. The van der Waals surface area contributed by atoms with Gasteiger partial charge in [0.2, 0.25) is 5.91 Å². The molecule has 1 amide bonds. The summed E-state index contributed by atoms with van der Waals surface area (Å²) in [7, 11) is 0. The molecule has 0 heterocycles. The lowest BCUT2D eigenvalue weighted by Crippen LogP contribution is -2.22. The third-order valence-corrected chi connectivity index (χ3v) is 3.70. The lowest BCUT2D eigenvalue weighted by atomic mass is 10.1. The van der Waals surface area contributed by atoms with Crippen LogP contribution in [0.1, 0.15) is 18.1 Å². The minimum Gasteiger partial charge on any atom is -0.376 e. The monoisotopic (exact) mass is 302 g/mol. The molecule has 3 nitrogen and oxygen atoms in total. The Kier molecular flexibility index (Phi) is 5.23. The topological polar surface area (TPSA) is 41.1 Å². The molecule has 0 unspecified atom stereocenters. The van der Waals surface area contributed by atoms with Gasteiger partial charge in [-0.1, -0.05) is 42.8 Å². The van der Waals surface area contributed by atoms with Crippen LogP contribution in [0.25, 0.3) is 0 Å². The summed E-state index contributed by atoms with van der Waals surface area (Å²) in [4.78, 5) is 12.0.